The topological polar surface area (TPSA) is 68.0 Å². The SMILES string of the molecule is NNC(=O)C1CC=C(c2cc(F)ccn2)CC1. The summed E-state index contributed by atoms with van der Waals surface area (Å²) in [5.74, 6) is 4.56. The van der Waals surface area contributed by atoms with Crippen LogP contribution in [0.4, 0.5) is 4.39 Å². The van der Waals surface area contributed by atoms with E-state index in [4.69, 9.17) is 5.84 Å². The van der Waals surface area contributed by atoms with E-state index in [2.05, 4.69) is 10.4 Å². The molecular weight excluding hydrogens is 221 g/mol. The third-order valence-corrected chi connectivity index (χ3v) is 2.97. The van der Waals surface area contributed by atoms with Crippen molar-refractivity contribution < 1.29 is 9.18 Å². The summed E-state index contributed by atoms with van der Waals surface area (Å²) in [7, 11) is 0. The molecule has 2 rings (SSSR count). The minimum Gasteiger partial charge on any atom is -0.294 e. The lowest BCUT2D eigenvalue weighted by Crippen LogP contribution is -2.36. The molecule has 1 aliphatic rings. The molecule has 5 heteroatoms. The molecule has 1 heterocycles. The van der Waals surface area contributed by atoms with Gasteiger partial charge in [-0.3, -0.25) is 15.2 Å². The van der Waals surface area contributed by atoms with Crippen molar-refractivity contribution >= 4 is 11.5 Å². The van der Waals surface area contributed by atoms with Gasteiger partial charge in [-0.1, -0.05) is 6.08 Å². The molecule has 0 fully saturated rings. The highest BCUT2D eigenvalue weighted by Gasteiger charge is 2.21. The van der Waals surface area contributed by atoms with Crippen molar-refractivity contribution in [1.82, 2.24) is 10.4 Å². The molecule has 90 valence electrons. The lowest BCUT2D eigenvalue weighted by Gasteiger charge is -2.20. The molecule has 1 unspecified atom stereocenters. The predicted molar refractivity (Wildman–Crippen MR) is 61.8 cm³/mol. The number of hydrogen-bond donors (Lipinski definition) is 2. The van der Waals surface area contributed by atoms with Crippen LogP contribution in [0.15, 0.2) is 24.4 Å². The van der Waals surface area contributed by atoms with E-state index in [1.54, 1.807) is 0 Å². The summed E-state index contributed by atoms with van der Waals surface area (Å²) in [4.78, 5) is 15.4. The summed E-state index contributed by atoms with van der Waals surface area (Å²) in [6.07, 6.45) is 5.44. The van der Waals surface area contributed by atoms with Gasteiger partial charge >= 0.3 is 0 Å². The van der Waals surface area contributed by atoms with Crippen LogP contribution in [0.2, 0.25) is 0 Å². The second kappa shape index (κ2) is 5.05. The minimum atomic E-state index is -0.294. The Morgan fingerprint density at radius 3 is 3.00 bits per heavy atom. The monoisotopic (exact) mass is 235 g/mol. The van der Waals surface area contributed by atoms with Gasteiger partial charge in [0.2, 0.25) is 5.91 Å². The Balaban J connectivity index is 2.11. The van der Waals surface area contributed by atoms with E-state index in [9.17, 15) is 9.18 Å². The van der Waals surface area contributed by atoms with E-state index in [0.717, 1.165) is 5.57 Å². The molecule has 1 atom stereocenters. The molecule has 0 bridgehead atoms. The largest absolute Gasteiger partial charge is 0.294 e. The van der Waals surface area contributed by atoms with Crippen LogP contribution in [0.3, 0.4) is 0 Å². The van der Waals surface area contributed by atoms with Gasteiger partial charge in [0.05, 0.1) is 5.69 Å². The molecule has 17 heavy (non-hydrogen) atoms. The first-order valence-corrected chi connectivity index (χ1v) is 5.52. The fourth-order valence-corrected chi connectivity index (χ4v) is 2.00. The number of pyridine rings is 1. The Labute approximate surface area is 98.7 Å². The van der Waals surface area contributed by atoms with Crippen molar-refractivity contribution in [3.05, 3.63) is 35.9 Å². The highest BCUT2D eigenvalue weighted by atomic mass is 19.1. The van der Waals surface area contributed by atoms with Gasteiger partial charge in [-0.2, -0.15) is 0 Å². The van der Waals surface area contributed by atoms with E-state index in [-0.39, 0.29) is 17.6 Å². The fourth-order valence-electron chi connectivity index (χ4n) is 2.00. The van der Waals surface area contributed by atoms with Crippen LogP contribution in [0.5, 0.6) is 0 Å². The highest BCUT2D eigenvalue weighted by molar-refractivity contribution is 5.79. The Bertz CT molecular complexity index is 459. The van der Waals surface area contributed by atoms with E-state index < -0.39 is 0 Å². The first-order valence-electron chi connectivity index (χ1n) is 5.52. The van der Waals surface area contributed by atoms with E-state index in [1.165, 1.54) is 18.3 Å². The van der Waals surface area contributed by atoms with Crippen molar-refractivity contribution in [3.8, 4) is 0 Å². The number of hydrazine groups is 1. The maximum absolute atomic E-state index is 13.0. The number of nitrogens with one attached hydrogen (secondary N) is 1. The maximum atomic E-state index is 13.0. The summed E-state index contributed by atoms with van der Waals surface area (Å²) >= 11 is 0. The zero-order valence-electron chi connectivity index (χ0n) is 9.32. The Morgan fingerprint density at radius 1 is 1.59 bits per heavy atom. The number of aromatic nitrogens is 1. The third-order valence-electron chi connectivity index (χ3n) is 2.97. The molecule has 0 radical (unpaired) electrons. The second-order valence-electron chi connectivity index (χ2n) is 4.07. The van der Waals surface area contributed by atoms with Crippen LogP contribution in [-0.2, 0) is 4.79 Å². The minimum absolute atomic E-state index is 0.0858. The van der Waals surface area contributed by atoms with Gasteiger partial charge in [-0.05, 0) is 37.0 Å². The predicted octanol–water partition coefficient (Wildman–Crippen LogP) is 1.39. The molecule has 0 saturated carbocycles. The molecule has 1 amide bonds. The van der Waals surface area contributed by atoms with Crippen LogP contribution in [0.25, 0.3) is 5.57 Å². The third kappa shape index (κ3) is 2.68. The Hall–Kier alpha value is -1.75. The Morgan fingerprint density at radius 2 is 2.41 bits per heavy atom. The molecule has 1 aromatic rings. The molecule has 4 nitrogen and oxygen atoms in total. The van der Waals surface area contributed by atoms with Gasteiger partial charge in [-0.25, -0.2) is 10.2 Å². The van der Waals surface area contributed by atoms with Crippen LogP contribution < -0.4 is 11.3 Å². The van der Waals surface area contributed by atoms with Crippen molar-refractivity contribution in [1.29, 1.82) is 0 Å². The summed E-state index contributed by atoms with van der Waals surface area (Å²) in [6.45, 7) is 0. The standard InChI is InChI=1S/C12H14FN3O/c13-10-5-6-15-11(7-10)8-1-3-9(4-2-8)12(17)16-14/h1,5-7,9H,2-4,14H2,(H,16,17). The second-order valence-corrected chi connectivity index (χ2v) is 4.07. The molecule has 0 aromatic carbocycles. The lowest BCUT2D eigenvalue weighted by atomic mass is 9.88. The average Bonchev–Trinajstić information content (AvgIpc) is 2.38. The number of allylic oxidation sites excluding steroid dienone is 2. The zero-order valence-corrected chi connectivity index (χ0v) is 9.32. The average molecular weight is 235 g/mol. The molecule has 0 saturated heterocycles. The number of nitrogens with zero attached hydrogens (tertiary/aromatic N) is 1. The number of rotatable bonds is 2. The van der Waals surface area contributed by atoms with Crippen LogP contribution in [0.1, 0.15) is 25.0 Å². The van der Waals surface area contributed by atoms with Gasteiger partial charge in [0, 0.05) is 12.1 Å². The van der Waals surface area contributed by atoms with Gasteiger partial charge in [0.15, 0.2) is 0 Å². The molecular formula is C12H14FN3O. The van der Waals surface area contributed by atoms with Crippen LogP contribution in [-0.4, -0.2) is 10.9 Å². The summed E-state index contributed by atoms with van der Waals surface area (Å²) < 4.78 is 13.0. The summed E-state index contributed by atoms with van der Waals surface area (Å²) in [5, 5.41) is 0. The number of halogens is 1. The number of amides is 1. The summed E-state index contributed by atoms with van der Waals surface area (Å²) in [6, 6.07) is 2.73. The van der Waals surface area contributed by atoms with E-state index >= 15 is 0 Å². The highest BCUT2D eigenvalue weighted by Crippen LogP contribution is 2.29. The first kappa shape index (κ1) is 11.7. The lowest BCUT2D eigenvalue weighted by molar-refractivity contribution is -0.125. The van der Waals surface area contributed by atoms with Crippen LogP contribution >= 0.6 is 0 Å². The van der Waals surface area contributed by atoms with Gasteiger partial charge in [-0.15, -0.1) is 0 Å². The number of carbonyl (C=O) groups excluding carboxylic acids is 1. The molecule has 0 aliphatic heterocycles. The normalized spacial score (nSPS) is 19.6. The first-order chi connectivity index (χ1) is 8.20. The van der Waals surface area contributed by atoms with Crippen molar-refractivity contribution in [2.24, 2.45) is 11.8 Å². The van der Waals surface area contributed by atoms with E-state index in [1.807, 2.05) is 6.08 Å². The van der Waals surface area contributed by atoms with Crippen LogP contribution in [0, 0.1) is 11.7 Å². The number of carbonyl (C=O) groups is 1. The maximum Gasteiger partial charge on any atom is 0.237 e. The van der Waals surface area contributed by atoms with Crippen molar-refractivity contribution in [2.75, 3.05) is 0 Å². The zero-order chi connectivity index (χ0) is 12.3. The van der Waals surface area contributed by atoms with Crippen molar-refractivity contribution in [3.63, 3.8) is 0 Å². The molecule has 0 spiro atoms. The number of nitrogens with two attached hydrogens (primary N) is 1. The Kier molecular flexibility index (Phi) is 3.49. The van der Waals surface area contributed by atoms with Gasteiger partial charge < -0.3 is 0 Å². The molecule has 1 aliphatic carbocycles. The van der Waals surface area contributed by atoms with E-state index in [0.29, 0.717) is 25.0 Å². The number of hydrogen-bond acceptors (Lipinski definition) is 3. The molecule has 3 N–H and O–H groups in total. The van der Waals surface area contributed by atoms with Crippen molar-refractivity contribution in [2.45, 2.75) is 19.3 Å². The van der Waals surface area contributed by atoms with Gasteiger partial charge in [0.1, 0.15) is 5.82 Å². The van der Waals surface area contributed by atoms with Gasteiger partial charge in [0.25, 0.3) is 0 Å². The summed E-state index contributed by atoms with van der Waals surface area (Å²) in [5.41, 5.74) is 3.80. The quantitative estimate of drug-likeness (QED) is 0.462. The molecule has 1 aromatic heterocycles. The fraction of sp³-hybridized carbons (Fsp3) is 0.333. The smallest absolute Gasteiger partial charge is 0.237 e.